The van der Waals surface area contributed by atoms with Gasteiger partial charge in [-0.15, -0.1) is 0 Å². The highest BCUT2D eigenvalue weighted by atomic mass is 16.3. The van der Waals surface area contributed by atoms with E-state index in [4.69, 9.17) is 0 Å². The molecule has 2 N–H and O–H groups in total. The monoisotopic (exact) mass is 311 g/mol. The smallest absolute Gasteiger partial charge is 0.274 e. The van der Waals surface area contributed by atoms with E-state index in [2.05, 4.69) is 10.2 Å². The number of aromatic amines is 1. The second-order valence-corrected chi connectivity index (χ2v) is 6.51. The summed E-state index contributed by atoms with van der Waals surface area (Å²) in [5, 5.41) is 17.7. The largest absolute Gasteiger partial charge is 0.391 e. The lowest BCUT2D eigenvalue weighted by Crippen LogP contribution is -2.46. The van der Waals surface area contributed by atoms with Gasteiger partial charge in [-0.25, -0.2) is 0 Å². The van der Waals surface area contributed by atoms with Gasteiger partial charge in [0.2, 0.25) is 0 Å². The zero-order valence-corrected chi connectivity index (χ0v) is 13.0. The van der Waals surface area contributed by atoms with Gasteiger partial charge in [0.1, 0.15) is 0 Å². The molecule has 4 rings (SSSR count). The van der Waals surface area contributed by atoms with E-state index in [1.165, 1.54) is 0 Å². The number of benzene rings is 1. The van der Waals surface area contributed by atoms with Crippen molar-refractivity contribution in [1.82, 2.24) is 15.1 Å². The molecular formula is C18H21N3O2. The van der Waals surface area contributed by atoms with Gasteiger partial charge >= 0.3 is 0 Å². The lowest BCUT2D eigenvalue weighted by atomic mass is 9.87. The molecule has 0 radical (unpaired) electrons. The number of fused-ring (bicyclic) bond motifs is 1. The number of nitrogens with zero attached hydrogens (tertiary/aromatic N) is 2. The highest BCUT2D eigenvalue weighted by molar-refractivity contribution is 5.94. The maximum absolute atomic E-state index is 12.7. The van der Waals surface area contributed by atoms with E-state index in [0.29, 0.717) is 18.8 Å². The molecule has 2 atom stereocenters. The number of β-amino-alcohol motifs (C(OH)–C–C–N with tert-alkyl or cyclic N) is 1. The topological polar surface area (TPSA) is 69.2 Å². The highest BCUT2D eigenvalue weighted by Gasteiger charge is 2.34. The molecule has 1 aliphatic heterocycles. The predicted molar refractivity (Wildman–Crippen MR) is 86.3 cm³/mol. The Balaban J connectivity index is 1.49. The number of hydrogen-bond donors (Lipinski definition) is 2. The minimum Gasteiger partial charge on any atom is -0.391 e. The van der Waals surface area contributed by atoms with Crippen LogP contribution in [0.1, 0.15) is 46.1 Å². The van der Waals surface area contributed by atoms with E-state index in [1.54, 1.807) is 4.90 Å². The number of aryl methyl sites for hydroxylation is 1. The first-order valence-electron chi connectivity index (χ1n) is 8.32. The fraction of sp³-hybridized carbons (Fsp3) is 0.444. The Kier molecular flexibility index (Phi) is 3.65. The molecule has 1 fully saturated rings. The summed E-state index contributed by atoms with van der Waals surface area (Å²) in [6.45, 7) is 1.04. The van der Waals surface area contributed by atoms with Crippen molar-refractivity contribution in [3.63, 3.8) is 0 Å². The standard InChI is InChI=1S/C18H21N3O2/c22-16-11-21(10-9-13(16)12-5-2-1-3-6-12)18(23)17-14-7-4-8-15(14)19-20-17/h1-3,5-6,13,16,22H,4,7-11H2,(H,19,20)/t13-,16+/m0/s1. The van der Waals surface area contributed by atoms with Crippen LogP contribution in [0.15, 0.2) is 30.3 Å². The van der Waals surface area contributed by atoms with Gasteiger partial charge in [0, 0.05) is 30.3 Å². The second-order valence-electron chi connectivity index (χ2n) is 6.51. The third-order valence-electron chi connectivity index (χ3n) is 5.11. The first-order valence-corrected chi connectivity index (χ1v) is 8.32. The molecule has 2 aromatic rings. The van der Waals surface area contributed by atoms with Gasteiger partial charge in [0.05, 0.1) is 6.10 Å². The normalized spacial score (nSPS) is 23.8. The van der Waals surface area contributed by atoms with Gasteiger partial charge in [-0.3, -0.25) is 9.89 Å². The average molecular weight is 311 g/mol. The van der Waals surface area contributed by atoms with Gasteiger partial charge in [-0.2, -0.15) is 5.10 Å². The fourth-order valence-corrected chi connectivity index (χ4v) is 3.85. The number of likely N-dealkylation sites (tertiary alicyclic amines) is 1. The van der Waals surface area contributed by atoms with Gasteiger partial charge in [-0.1, -0.05) is 30.3 Å². The van der Waals surface area contributed by atoms with E-state index in [0.717, 1.165) is 42.5 Å². The number of carbonyl (C=O) groups is 1. The number of nitrogens with one attached hydrogen (secondary N) is 1. The number of carbonyl (C=O) groups excluding carboxylic acids is 1. The van der Waals surface area contributed by atoms with Crippen molar-refractivity contribution in [2.24, 2.45) is 0 Å². The number of rotatable bonds is 2. The number of amides is 1. The minimum atomic E-state index is -0.526. The molecule has 0 bridgehead atoms. The molecule has 1 aromatic carbocycles. The highest BCUT2D eigenvalue weighted by Crippen LogP contribution is 2.30. The van der Waals surface area contributed by atoms with E-state index in [1.807, 2.05) is 30.3 Å². The van der Waals surface area contributed by atoms with Crippen LogP contribution in [-0.2, 0) is 12.8 Å². The van der Waals surface area contributed by atoms with Gasteiger partial charge in [-0.05, 0) is 31.2 Å². The molecule has 0 unspecified atom stereocenters. The number of aliphatic hydroxyl groups is 1. The van der Waals surface area contributed by atoms with Crippen molar-refractivity contribution in [2.75, 3.05) is 13.1 Å². The first-order chi connectivity index (χ1) is 11.2. The maximum atomic E-state index is 12.7. The molecule has 5 nitrogen and oxygen atoms in total. The summed E-state index contributed by atoms with van der Waals surface area (Å²) in [6, 6.07) is 10.1. The van der Waals surface area contributed by atoms with Crippen molar-refractivity contribution in [1.29, 1.82) is 0 Å². The van der Waals surface area contributed by atoms with E-state index in [-0.39, 0.29) is 11.8 Å². The quantitative estimate of drug-likeness (QED) is 0.890. The Hall–Kier alpha value is -2.14. The zero-order chi connectivity index (χ0) is 15.8. The van der Waals surface area contributed by atoms with Crippen LogP contribution >= 0.6 is 0 Å². The molecule has 23 heavy (non-hydrogen) atoms. The lowest BCUT2D eigenvalue weighted by Gasteiger charge is -2.36. The SMILES string of the molecule is O=C(c1n[nH]c2c1CCC2)N1CC[C@@H](c2ccccc2)[C@H](O)C1. The summed E-state index contributed by atoms with van der Waals surface area (Å²) in [4.78, 5) is 14.5. The summed E-state index contributed by atoms with van der Waals surface area (Å²) in [5.74, 6) is 0.0557. The van der Waals surface area contributed by atoms with Crippen molar-refractivity contribution < 1.29 is 9.90 Å². The van der Waals surface area contributed by atoms with Crippen LogP contribution in [0.2, 0.25) is 0 Å². The first kappa shape index (κ1) is 14.5. The predicted octanol–water partition coefficient (Wildman–Crippen LogP) is 1.89. The Bertz CT molecular complexity index is 710. The number of aliphatic hydroxyl groups excluding tert-OH is 1. The van der Waals surface area contributed by atoms with Crippen molar-refractivity contribution in [3.8, 4) is 0 Å². The van der Waals surface area contributed by atoms with Crippen LogP contribution in [-0.4, -0.2) is 45.3 Å². The molecule has 120 valence electrons. The zero-order valence-electron chi connectivity index (χ0n) is 13.0. The summed E-state index contributed by atoms with van der Waals surface area (Å²) in [6.07, 6.45) is 3.25. The second kappa shape index (κ2) is 5.81. The molecule has 1 amide bonds. The summed E-state index contributed by atoms with van der Waals surface area (Å²) < 4.78 is 0. The number of H-pyrrole nitrogens is 1. The Morgan fingerprint density at radius 1 is 1.26 bits per heavy atom. The lowest BCUT2D eigenvalue weighted by molar-refractivity contribution is 0.0377. The molecule has 1 saturated heterocycles. The van der Waals surface area contributed by atoms with Crippen LogP contribution in [0.25, 0.3) is 0 Å². The summed E-state index contributed by atoms with van der Waals surface area (Å²) in [5.41, 5.74) is 3.89. The summed E-state index contributed by atoms with van der Waals surface area (Å²) in [7, 11) is 0. The Labute approximate surface area is 135 Å². The third-order valence-corrected chi connectivity index (χ3v) is 5.11. The molecule has 1 aliphatic carbocycles. The fourth-order valence-electron chi connectivity index (χ4n) is 3.85. The molecule has 2 heterocycles. The number of aromatic nitrogens is 2. The number of piperidine rings is 1. The molecule has 0 saturated carbocycles. The Morgan fingerprint density at radius 3 is 2.87 bits per heavy atom. The van der Waals surface area contributed by atoms with Crippen molar-refractivity contribution in [2.45, 2.75) is 37.7 Å². The minimum absolute atomic E-state index is 0.0463. The molecule has 2 aliphatic rings. The molecule has 5 heteroatoms. The van der Waals surface area contributed by atoms with Gasteiger partial charge in [0.15, 0.2) is 5.69 Å². The van der Waals surface area contributed by atoms with Gasteiger partial charge in [0.25, 0.3) is 5.91 Å². The van der Waals surface area contributed by atoms with Crippen LogP contribution in [0.5, 0.6) is 0 Å². The van der Waals surface area contributed by atoms with Crippen LogP contribution in [0, 0.1) is 0 Å². The van der Waals surface area contributed by atoms with Crippen LogP contribution in [0.4, 0.5) is 0 Å². The van der Waals surface area contributed by atoms with E-state index >= 15 is 0 Å². The van der Waals surface area contributed by atoms with E-state index < -0.39 is 6.10 Å². The molecule has 0 spiro atoms. The molecule has 1 aromatic heterocycles. The summed E-state index contributed by atoms with van der Waals surface area (Å²) >= 11 is 0. The van der Waals surface area contributed by atoms with E-state index in [9.17, 15) is 9.90 Å². The van der Waals surface area contributed by atoms with Crippen LogP contribution in [0.3, 0.4) is 0 Å². The van der Waals surface area contributed by atoms with Crippen LogP contribution < -0.4 is 0 Å². The third kappa shape index (κ3) is 2.55. The number of hydrogen-bond acceptors (Lipinski definition) is 3. The molecular weight excluding hydrogens is 290 g/mol. The van der Waals surface area contributed by atoms with Crippen molar-refractivity contribution >= 4 is 5.91 Å². The van der Waals surface area contributed by atoms with Crippen molar-refractivity contribution in [3.05, 3.63) is 52.8 Å². The van der Waals surface area contributed by atoms with Gasteiger partial charge < -0.3 is 10.0 Å². The average Bonchev–Trinajstić information content (AvgIpc) is 3.18. The Morgan fingerprint density at radius 2 is 2.09 bits per heavy atom. The maximum Gasteiger partial charge on any atom is 0.274 e.